The van der Waals surface area contributed by atoms with Gasteiger partial charge in [-0.05, 0) is 37.7 Å². The molecular formula is C12H13ClFN3. The lowest BCUT2D eigenvalue weighted by Gasteiger charge is -2.02. The summed E-state index contributed by atoms with van der Waals surface area (Å²) in [6, 6.07) is 4.64. The first-order valence-corrected chi connectivity index (χ1v) is 5.72. The summed E-state index contributed by atoms with van der Waals surface area (Å²) in [5, 5.41) is 7.38. The first-order chi connectivity index (χ1) is 8.20. The van der Waals surface area contributed by atoms with E-state index in [1.165, 1.54) is 12.1 Å². The number of nitrogens with one attached hydrogen (secondary N) is 1. The molecule has 5 heteroatoms. The van der Waals surface area contributed by atoms with Gasteiger partial charge in [-0.15, -0.1) is 0 Å². The van der Waals surface area contributed by atoms with Gasteiger partial charge < -0.3 is 5.32 Å². The molecule has 0 aliphatic heterocycles. The van der Waals surface area contributed by atoms with E-state index in [4.69, 9.17) is 11.6 Å². The zero-order valence-electron chi connectivity index (χ0n) is 9.45. The molecule has 17 heavy (non-hydrogen) atoms. The molecule has 1 N–H and O–H groups in total. The lowest BCUT2D eigenvalue weighted by atomic mass is 10.2. The average molecular weight is 254 g/mol. The molecule has 3 nitrogen and oxygen atoms in total. The summed E-state index contributed by atoms with van der Waals surface area (Å²) in [5.74, 6) is -0.434. The molecule has 0 atom stereocenters. The summed E-state index contributed by atoms with van der Waals surface area (Å²) in [4.78, 5) is 0. The normalized spacial score (nSPS) is 10.8. The number of hydrogen-bond donors (Lipinski definition) is 1. The fourth-order valence-electron chi connectivity index (χ4n) is 1.53. The number of aromatic nitrogens is 2. The molecular weight excluding hydrogens is 241 g/mol. The molecule has 90 valence electrons. The van der Waals surface area contributed by atoms with E-state index in [2.05, 4.69) is 10.4 Å². The highest BCUT2D eigenvalue weighted by Gasteiger charge is 2.04. The van der Waals surface area contributed by atoms with Gasteiger partial charge in [0.2, 0.25) is 0 Å². The summed E-state index contributed by atoms with van der Waals surface area (Å²) in [7, 11) is 1.90. The maximum Gasteiger partial charge on any atom is 0.143 e. The molecule has 1 aromatic carbocycles. The van der Waals surface area contributed by atoms with Crippen LogP contribution in [0.1, 0.15) is 5.56 Å². The Labute approximate surface area is 104 Å². The van der Waals surface area contributed by atoms with E-state index in [0.29, 0.717) is 5.69 Å². The second-order valence-electron chi connectivity index (χ2n) is 3.75. The van der Waals surface area contributed by atoms with Crippen molar-refractivity contribution in [3.05, 3.63) is 47.0 Å². The monoisotopic (exact) mass is 253 g/mol. The van der Waals surface area contributed by atoms with E-state index in [9.17, 15) is 4.39 Å². The largest absolute Gasteiger partial charge is 0.319 e. The van der Waals surface area contributed by atoms with E-state index >= 15 is 0 Å². The van der Waals surface area contributed by atoms with Crippen molar-refractivity contribution in [1.82, 2.24) is 15.1 Å². The van der Waals surface area contributed by atoms with Crippen LogP contribution < -0.4 is 5.32 Å². The number of halogens is 2. The van der Waals surface area contributed by atoms with Crippen LogP contribution in [-0.2, 0) is 6.42 Å². The Hall–Kier alpha value is -1.39. The minimum Gasteiger partial charge on any atom is -0.319 e. The molecule has 0 unspecified atom stereocenters. The predicted molar refractivity (Wildman–Crippen MR) is 66.2 cm³/mol. The molecule has 0 saturated heterocycles. The van der Waals surface area contributed by atoms with Crippen LogP contribution in [0.25, 0.3) is 5.69 Å². The smallest absolute Gasteiger partial charge is 0.143 e. The number of rotatable bonds is 4. The van der Waals surface area contributed by atoms with Gasteiger partial charge >= 0.3 is 0 Å². The summed E-state index contributed by atoms with van der Waals surface area (Å²) in [5.41, 5.74) is 1.78. The zero-order chi connectivity index (χ0) is 12.3. The Bertz CT molecular complexity index is 510. The topological polar surface area (TPSA) is 29.9 Å². The van der Waals surface area contributed by atoms with Gasteiger partial charge in [0.05, 0.1) is 16.9 Å². The average Bonchev–Trinajstić information content (AvgIpc) is 2.79. The first kappa shape index (κ1) is 12.1. The maximum absolute atomic E-state index is 13.3. The third-order valence-electron chi connectivity index (χ3n) is 2.47. The van der Waals surface area contributed by atoms with E-state index in [1.807, 2.05) is 13.2 Å². The highest BCUT2D eigenvalue weighted by Crippen LogP contribution is 2.18. The van der Waals surface area contributed by atoms with Crippen LogP contribution in [0.5, 0.6) is 0 Å². The third kappa shape index (κ3) is 2.84. The standard InChI is InChI=1S/C12H13ClFN3/c1-15-5-4-9-7-16-17(8-9)10-2-3-11(13)12(14)6-10/h2-3,6-8,15H,4-5H2,1H3. The molecule has 0 saturated carbocycles. The van der Waals surface area contributed by atoms with E-state index < -0.39 is 5.82 Å². The zero-order valence-corrected chi connectivity index (χ0v) is 10.2. The van der Waals surface area contributed by atoms with Crippen molar-refractivity contribution in [2.75, 3.05) is 13.6 Å². The van der Waals surface area contributed by atoms with Crippen LogP contribution in [0.3, 0.4) is 0 Å². The van der Waals surface area contributed by atoms with Gasteiger partial charge in [-0.25, -0.2) is 9.07 Å². The summed E-state index contributed by atoms with van der Waals surface area (Å²) in [6.07, 6.45) is 4.57. The molecule has 1 aromatic heterocycles. The van der Waals surface area contributed by atoms with Gasteiger partial charge in [0.25, 0.3) is 0 Å². The molecule has 0 aliphatic rings. The van der Waals surface area contributed by atoms with Gasteiger partial charge in [-0.2, -0.15) is 5.10 Å². The molecule has 0 bridgehead atoms. The summed E-state index contributed by atoms with van der Waals surface area (Å²) in [6.45, 7) is 0.890. The molecule has 2 aromatic rings. The molecule has 1 heterocycles. The Morgan fingerprint density at radius 2 is 2.29 bits per heavy atom. The SMILES string of the molecule is CNCCc1cnn(-c2ccc(Cl)c(F)c2)c1. The highest BCUT2D eigenvalue weighted by atomic mass is 35.5. The second-order valence-corrected chi connectivity index (χ2v) is 4.15. The van der Waals surface area contributed by atoms with Crippen molar-refractivity contribution < 1.29 is 4.39 Å². The predicted octanol–water partition coefficient (Wildman–Crippen LogP) is 2.43. The minimum atomic E-state index is -0.434. The quantitative estimate of drug-likeness (QED) is 0.907. The van der Waals surface area contributed by atoms with Crippen LogP contribution in [0.2, 0.25) is 5.02 Å². The Morgan fingerprint density at radius 1 is 1.47 bits per heavy atom. The van der Waals surface area contributed by atoms with Crippen molar-refractivity contribution in [3.8, 4) is 5.69 Å². The van der Waals surface area contributed by atoms with Crippen LogP contribution >= 0.6 is 11.6 Å². The molecule has 0 aliphatic carbocycles. The van der Waals surface area contributed by atoms with Gasteiger partial charge in [-0.1, -0.05) is 11.6 Å². The first-order valence-electron chi connectivity index (χ1n) is 5.34. The fourth-order valence-corrected chi connectivity index (χ4v) is 1.64. The van der Waals surface area contributed by atoms with Crippen LogP contribution in [0.4, 0.5) is 4.39 Å². The van der Waals surface area contributed by atoms with Gasteiger partial charge in [0, 0.05) is 12.3 Å². The Balaban J connectivity index is 2.21. The summed E-state index contributed by atoms with van der Waals surface area (Å²) < 4.78 is 14.9. The third-order valence-corrected chi connectivity index (χ3v) is 2.77. The summed E-state index contributed by atoms with van der Waals surface area (Å²) >= 11 is 5.63. The van der Waals surface area contributed by atoms with Crippen molar-refractivity contribution in [2.24, 2.45) is 0 Å². The fraction of sp³-hybridized carbons (Fsp3) is 0.250. The Kier molecular flexibility index (Phi) is 3.76. The van der Waals surface area contributed by atoms with Gasteiger partial charge in [0.1, 0.15) is 5.82 Å². The van der Waals surface area contributed by atoms with Crippen LogP contribution in [-0.4, -0.2) is 23.4 Å². The number of nitrogens with zero attached hydrogens (tertiary/aromatic N) is 2. The van der Waals surface area contributed by atoms with E-state index in [-0.39, 0.29) is 5.02 Å². The van der Waals surface area contributed by atoms with E-state index in [0.717, 1.165) is 18.5 Å². The highest BCUT2D eigenvalue weighted by molar-refractivity contribution is 6.30. The number of benzene rings is 1. The molecule has 0 amide bonds. The lowest BCUT2D eigenvalue weighted by Crippen LogP contribution is -2.09. The van der Waals surface area contributed by atoms with Crippen LogP contribution in [0.15, 0.2) is 30.6 Å². The van der Waals surface area contributed by atoms with Crippen molar-refractivity contribution >= 4 is 11.6 Å². The Morgan fingerprint density at radius 3 is 3.00 bits per heavy atom. The van der Waals surface area contributed by atoms with Crippen LogP contribution in [0, 0.1) is 5.82 Å². The molecule has 0 radical (unpaired) electrons. The van der Waals surface area contributed by atoms with Crippen molar-refractivity contribution in [1.29, 1.82) is 0 Å². The minimum absolute atomic E-state index is 0.122. The molecule has 2 rings (SSSR count). The molecule has 0 fully saturated rings. The second kappa shape index (κ2) is 5.29. The van der Waals surface area contributed by atoms with E-state index in [1.54, 1.807) is 16.9 Å². The number of hydrogen-bond acceptors (Lipinski definition) is 2. The van der Waals surface area contributed by atoms with Gasteiger partial charge in [0.15, 0.2) is 0 Å². The van der Waals surface area contributed by atoms with Crippen molar-refractivity contribution in [3.63, 3.8) is 0 Å². The molecule has 0 spiro atoms. The maximum atomic E-state index is 13.3. The lowest BCUT2D eigenvalue weighted by molar-refractivity contribution is 0.626. The number of likely N-dealkylation sites (N-methyl/N-ethyl adjacent to an activating group) is 1. The van der Waals surface area contributed by atoms with Gasteiger partial charge in [-0.3, -0.25) is 0 Å². The van der Waals surface area contributed by atoms with Crippen molar-refractivity contribution in [2.45, 2.75) is 6.42 Å².